The second kappa shape index (κ2) is 4.28. The van der Waals surface area contributed by atoms with Crippen molar-refractivity contribution in [2.75, 3.05) is 6.54 Å². The third kappa shape index (κ3) is 1.96. The van der Waals surface area contributed by atoms with Gasteiger partial charge in [0.1, 0.15) is 6.04 Å². The Morgan fingerprint density at radius 1 is 1.28 bits per heavy atom. The third-order valence-corrected chi connectivity index (χ3v) is 3.16. The highest BCUT2D eigenvalue weighted by atomic mass is 19.4. The molecule has 18 heavy (non-hydrogen) atoms. The summed E-state index contributed by atoms with van der Waals surface area (Å²) in [5.41, 5.74) is 5.61. The molecule has 2 rings (SSSR count). The topological polar surface area (TPSA) is 46.3 Å². The maximum atomic E-state index is 12.4. The van der Waals surface area contributed by atoms with Gasteiger partial charge in [0.05, 0.1) is 11.6 Å². The van der Waals surface area contributed by atoms with Crippen LogP contribution in [-0.2, 0) is 11.0 Å². The number of carbonyl (C=O) groups is 1. The van der Waals surface area contributed by atoms with Gasteiger partial charge in [-0.25, -0.2) is 0 Å². The molecule has 2 N–H and O–H groups in total. The smallest absolute Gasteiger partial charge is 0.332 e. The lowest BCUT2D eigenvalue weighted by Gasteiger charge is -2.45. The molecular formula is C12H13F3N2O. The molecule has 1 saturated heterocycles. The molecule has 2 unspecified atom stereocenters. The highest BCUT2D eigenvalue weighted by molar-refractivity contribution is 5.89. The van der Waals surface area contributed by atoms with Crippen LogP contribution in [0.4, 0.5) is 13.2 Å². The van der Waals surface area contributed by atoms with Crippen LogP contribution in [0, 0.1) is 0 Å². The van der Waals surface area contributed by atoms with Crippen molar-refractivity contribution in [2.45, 2.75) is 25.2 Å². The quantitative estimate of drug-likeness (QED) is 0.824. The van der Waals surface area contributed by atoms with Crippen LogP contribution < -0.4 is 5.73 Å². The number of amides is 1. The molecule has 1 aliphatic heterocycles. The van der Waals surface area contributed by atoms with E-state index in [4.69, 9.17) is 5.73 Å². The van der Waals surface area contributed by atoms with Crippen molar-refractivity contribution in [2.24, 2.45) is 5.73 Å². The summed E-state index contributed by atoms with van der Waals surface area (Å²) >= 11 is 0. The van der Waals surface area contributed by atoms with Gasteiger partial charge in [-0.2, -0.15) is 13.2 Å². The van der Waals surface area contributed by atoms with E-state index in [-0.39, 0.29) is 11.9 Å². The minimum absolute atomic E-state index is 0.164. The van der Waals surface area contributed by atoms with Crippen LogP contribution >= 0.6 is 0 Å². The molecule has 0 radical (unpaired) electrons. The summed E-state index contributed by atoms with van der Waals surface area (Å²) in [7, 11) is 0. The Morgan fingerprint density at radius 2 is 1.83 bits per heavy atom. The van der Waals surface area contributed by atoms with Crippen molar-refractivity contribution in [3.63, 3.8) is 0 Å². The lowest BCUT2D eigenvalue weighted by molar-refractivity contribution is -0.149. The predicted molar refractivity (Wildman–Crippen MR) is 59.5 cm³/mol. The van der Waals surface area contributed by atoms with E-state index in [1.54, 1.807) is 11.8 Å². The normalized spacial score (nSPS) is 24.1. The van der Waals surface area contributed by atoms with E-state index in [1.165, 1.54) is 12.1 Å². The first kappa shape index (κ1) is 12.9. The molecule has 0 saturated carbocycles. The molecule has 2 atom stereocenters. The summed E-state index contributed by atoms with van der Waals surface area (Å²) in [4.78, 5) is 13.0. The van der Waals surface area contributed by atoms with E-state index in [2.05, 4.69) is 0 Å². The number of alkyl halides is 3. The van der Waals surface area contributed by atoms with E-state index >= 15 is 0 Å². The van der Waals surface area contributed by atoms with E-state index in [0.29, 0.717) is 12.1 Å². The van der Waals surface area contributed by atoms with Crippen molar-refractivity contribution in [1.82, 2.24) is 4.90 Å². The number of hydrogen-bond donors (Lipinski definition) is 1. The molecule has 1 aromatic carbocycles. The third-order valence-electron chi connectivity index (χ3n) is 3.16. The zero-order valence-electron chi connectivity index (χ0n) is 9.74. The van der Waals surface area contributed by atoms with Gasteiger partial charge < -0.3 is 10.6 Å². The number of carbonyl (C=O) groups excluding carboxylic acids is 1. The van der Waals surface area contributed by atoms with Crippen molar-refractivity contribution in [1.29, 1.82) is 0 Å². The molecule has 0 aromatic heterocycles. The standard InChI is InChI=1S/C12H13F3N2O/c1-2-17-10(9(16)11(17)18)7-3-5-8(6-4-7)12(13,14)15/h3-6,9-10H,2,16H2,1H3. The minimum atomic E-state index is -4.35. The number of β-lactam (4-membered cyclic amide) rings is 1. The molecule has 1 aromatic rings. The van der Waals surface area contributed by atoms with Gasteiger partial charge in [0.2, 0.25) is 5.91 Å². The average Bonchev–Trinajstić information content (AvgIpc) is 2.33. The zero-order valence-corrected chi connectivity index (χ0v) is 9.74. The van der Waals surface area contributed by atoms with Gasteiger partial charge in [0.25, 0.3) is 0 Å². The molecular weight excluding hydrogens is 245 g/mol. The van der Waals surface area contributed by atoms with Crippen LogP contribution in [0.5, 0.6) is 0 Å². The van der Waals surface area contributed by atoms with Gasteiger partial charge in [-0.1, -0.05) is 12.1 Å². The van der Waals surface area contributed by atoms with Gasteiger partial charge >= 0.3 is 6.18 Å². The molecule has 6 heteroatoms. The Labute approximate surface area is 102 Å². The summed E-state index contributed by atoms with van der Waals surface area (Å²) in [6.07, 6.45) is -4.35. The van der Waals surface area contributed by atoms with E-state index < -0.39 is 17.8 Å². The SMILES string of the molecule is CCN1C(=O)C(N)C1c1ccc(C(F)(F)F)cc1. The lowest BCUT2D eigenvalue weighted by Crippen LogP contribution is -2.62. The molecule has 1 fully saturated rings. The van der Waals surface area contributed by atoms with Gasteiger partial charge in [0, 0.05) is 6.54 Å². The van der Waals surface area contributed by atoms with Crippen molar-refractivity contribution < 1.29 is 18.0 Å². The van der Waals surface area contributed by atoms with E-state index in [0.717, 1.165) is 12.1 Å². The molecule has 98 valence electrons. The Bertz CT molecular complexity index is 455. The summed E-state index contributed by atoms with van der Waals surface area (Å²) in [6.45, 7) is 2.30. The second-order valence-corrected chi connectivity index (χ2v) is 4.21. The Kier molecular flexibility index (Phi) is 3.06. The highest BCUT2D eigenvalue weighted by Crippen LogP contribution is 2.35. The maximum Gasteiger partial charge on any atom is 0.416 e. The Balaban J connectivity index is 2.23. The van der Waals surface area contributed by atoms with Crippen molar-refractivity contribution in [3.8, 4) is 0 Å². The predicted octanol–water partition coefficient (Wildman–Crippen LogP) is 1.94. The largest absolute Gasteiger partial charge is 0.416 e. The minimum Gasteiger partial charge on any atom is -0.332 e. The number of nitrogens with zero attached hydrogens (tertiary/aromatic N) is 1. The molecule has 3 nitrogen and oxygen atoms in total. The molecule has 0 aliphatic carbocycles. The van der Waals surface area contributed by atoms with Gasteiger partial charge in [-0.15, -0.1) is 0 Å². The van der Waals surface area contributed by atoms with Crippen LogP contribution in [-0.4, -0.2) is 23.4 Å². The first-order chi connectivity index (χ1) is 8.36. The van der Waals surface area contributed by atoms with Crippen LogP contribution in [0.25, 0.3) is 0 Å². The number of nitrogens with two attached hydrogens (primary N) is 1. The van der Waals surface area contributed by atoms with Gasteiger partial charge in [-0.05, 0) is 24.6 Å². The van der Waals surface area contributed by atoms with Crippen LogP contribution in [0.15, 0.2) is 24.3 Å². The first-order valence-electron chi connectivity index (χ1n) is 5.59. The number of hydrogen-bond acceptors (Lipinski definition) is 2. The molecule has 1 heterocycles. The van der Waals surface area contributed by atoms with Crippen molar-refractivity contribution >= 4 is 5.91 Å². The van der Waals surface area contributed by atoms with Crippen LogP contribution in [0.3, 0.4) is 0 Å². The molecule has 1 aliphatic rings. The van der Waals surface area contributed by atoms with Gasteiger partial charge in [0.15, 0.2) is 0 Å². The maximum absolute atomic E-state index is 12.4. The van der Waals surface area contributed by atoms with E-state index in [9.17, 15) is 18.0 Å². The second-order valence-electron chi connectivity index (χ2n) is 4.21. The molecule has 1 amide bonds. The fourth-order valence-electron chi connectivity index (χ4n) is 2.18. The monoisotopic (exact) mass is 258 g/mol. The zero-order chi connectivity index (χ0) is 13.5. The highest BCUT2D eigenvalue weighted by Gasteiger charge is 2.44. The Hall–Kier alpha value is -1.56. The molecule has 0 bridgehead atoms. The average molecular weight is 258 g/mol. The van der Waals surface area contributed by atoms with Gasteiger partial charge in [-0.3, -0.25) is 4.79 Å². The number of halogens is 3. The summed E-state index contributed by atoms with van der Waals surface area (Å²) in [6, 6.07) is 3.81. The summed E-state index contributed by atoms with van der Waals surface area (Å²) in [5, 5.41) is 0. The fraction of sp³-hybridized carbons (Fsp3) is 0.417. The number of likely N-dealkylation sites (tertiary alicyclic amines) is 1. The summed E-state index contributed by atoms with van der Waals surface area (Å²) in [5.74, 6) is -0.164. The number of benzene rings is 1. The molecule has 0 spiro atoms. The van der Waals surface area contributed by atoms with Crippen molar-refractivity contribution in [3.05, 3.63) is 35.4 Å². The summed E-state index contributed by atoms with van der Waals surface area (Å²) < 4.78 is 37.2. The lowest BCUT2D eigenvalue weighted by atomic mass is 9.89. The first-order valence-corrected chi connectivity index (χ1v) is 5.59. The Morgan fingerprint density at radius 3 is 2.28 bits per heavy atom. The van der Waals surface area contributed by atoms with E-state index in [1.807, 2.05) is 0 Å². The van der Waals surface area contributed by atoms with Crippen LogP contribution in [0.1, 0.15) is 24.1 Å². The number of likely N-dealkylation sites (N-methyl/N-ethyl adjacent to an activating group) is 1. The van der Waals surface area contributed by atoms with Crippen LogP contribution in [0.2, 0.25) is 0 Å². The number of rotatable bonds is 2. The fourth-order valence-corrected chi connectivity index (χ4v) is 2.18.